The third kappa shape index (κ3) is 4.25. The van der Waals surface area contributed by atoms with Gasteiger partial charge in [0.1, 0.15) is 5.52 Å². The van der Waals surface area contributed by atoms with Gasteiger partial charge in [0, 0.05) is 43.2 Å². The lowest BCUT2D eigenvalue weighted by Gasteiger charge is -2.20. The number of nitrogens with zero attached hydrogens (tertiary/aromatic N) is 5. The SMILES string of the molecule is CNC(=O)CCC(c1ccc(-n2cc(-c3ccnc4[nH]cnc34)cn2)nc1)C(F)(F)F. The van der Waals surface area contributed by atoms with E-state index < -0.39 is 18.0 Å². The molecule has 0 saturated heterocycles. The number of fused-ring (bicyclic) bond motifs is 1. The highest BCUT2D eigenvalue weighted by molar-refractivity contribution is 5.88. The highest BCUT2D eigenvalue weighted by atomic mass is 19.4. The van der Waals surface area contributed by atoms with E-state index in [1.807, 2.05) is 0 Å². The van der Waals surface area contributed by atoms with Gasteiger partial charge in [-0.25, -0.2) is 19.6 Å². The van der Waals surface area contributed by atoms with Crippen molar-refractivity contribution < 1.29 is 18.0 Å². The van der Waals surface area contributed by atoms with Crippen molar-refractivity contribution in [1.82, 2.24) is 35.0 Å². The van der Waals surface area contributed by atoms with Crippen molar-refractivity contribution in [3.05, 3.63) is 54.9 Å². The number of aromatic nitrogens is 6. The van der Waals surface area contributed by atoms with Gasteiger partial charge in [-0.1, -0.05) is 6.07 Å². The zero-order chi connectivity index (χ0) is 22.0. The van der Waals surface area contributed by atoms with E-state index in [-0.39, 0.29) is 18.4 Å². The zero-order valence-corrected chi connectivity index (χ0v) is 16.4. The summed E-state index contributed by atoms with van der Waals surface area (Å²) in [6, 6.07) is 4.65. The lowest BCUT2D eigenvalue weighted by molar-refractivity contribution is -0.153. The van der Waals surface area contributed by atoms with Gasteiger partial charge in [0.05, 0.1) is 18.4 Å². The minimum absolute atomic E-state index is 0.0000948. The second kappa shape index (κ2) is 8.17. The summed E-state index contributed by atoms with van der Waals surface area (Å²) in [6.45, 7) is 0. The molecule has 1 atom stereocenters. The Balaban J connectivity index is 1.58. The largest absolute Gasteiger partial charge is 0.395 e. The second-order valence-corrected chi connectivity index (χ2v) is 6.89. The number of H-pyrrole nitrogens is 1. The summed E-state index contributed by atoms with van der Waals surface area (Å²) in [6.07, 6.45) is 2.67. The van der Waals surface area contributed by atoms with Gasteiger partial charge in [0.2, 0.25) is 5.91 Å². The number of nitrogens with one attached hydrogen (secondary N) is 2. The van der Waals surface area contributed by atoms with Gasteiger partial charge in [-0.05, 0) is 24.1 Å². The highest BCUT2D eigenvalue weighted by Gasteiger charge is 2.40. The van der Waals surface area contributed by atoms with Gasteiger partial charge in [-0.3, -0.25) is 4.79 Å². The number of hydrogen-bond donors (Lipinski definition) is 2. The van der Waals surface area contributed by atoms with Gasteiger partial charge in [-0.15, -0.1) is 0 Å². The number of carbonyl (C=O) groups is 1. The summed E-state index contributed by atoms with van der Waals surface area (Å²) >= 11 is 0. The third-order valence-electron chi connectivity index (χ3n) is 4.95. The van der Waals surface area contributed by atoms with Gasteiger partial charge in [0.25, 0.3) is 0 Å². The number of amides is 1. The molecule has 4 heterocycles. The Labute approximate surface area is 174 Å². The monoisotopic (exact) mass is 429 g/mol. The van der Waals surface area contributed by atoms with Crippen LogP contribution in [0.5, 0.6) is 0 Å². The third-order valence-corrected chi connectivity index (χ3v) is 4.95. The van der Waals surface area contributed by atoms with E-state index in [2.05, 4.69) is 30.4 Å². The Hall–Kier alpha value is -3.76. The van der Waals surface area contributed by atoms with Crippen molar-refractivity contribution in [2.75, 3.05) is 7.05 Å². The predicted molar refractivity (Wildman–Crippen MR) is 106 cm³/mol. The minimum Gasteiger partial charge on any atom is -0.359 e. The Kier molecular flexibility index (Phi) is 5.40. The Morgan fingerprint density at radius 2 is 2.03 bits per heavy atom. The van der Waals surface area contributed by atoms with Gasteiger partial charge < -0.3 is 10.3 Å². The fraction of sp³-hybridized carbons (Fsp3) is 0.250. The summed E-state index contributed by atoms with van der Waals surface area (Å²) in [4.78, 5) is 26.9. The number of alkyl halides is 3. The topological polar surface area (TPSA) is 101 Å². The van der Waals surface area contributed by atoms with E-state index >= 15 is 0 Å². The molecule has 0 fully saturated rings. The molecule has 2 N–H and O–H groups in total. The molecule has 0 saturated carbocycles. The average molecular weight is 429 g/mol. The van der Waals surface area contributed by atoms with Gasteiger partial charge >= 0.3 is 6.18 Å². The van der Waals surface area contributed by atoms with E-state index in [1.54, 1.807) is 31.0 Å². The Morgan fingerprint density at radius 3 is 2.74 bits per heavy atom. The van der Waals surface area contributed by atoms with E-state index in [1.165, 1.54) is 30.1 Å². The molecule has 0 aliphatic rings. The van der Waals surface area contributed by atoms with Crippen LogP contribution in [0, 0.1) is 0 Å². The molecular formula is C20H18F3N7O. The molecule has 31 heavy (non-hydrogen) atoms. The molecule has 1 amide bonds. The van der Waals surface area contributed by atoms with E-state index in [0.29, 0.717) is 17.0 Å². The summed E-state index contributed by atoms with van der Waals surface area (Å²) in [5, 5.41) is 6.60. The van der Waals surface area contributed by atoms with Crippen LogP contribution in [0.25, 0.3) is 28.1 Å². The van der Waals surface area contributed by atoms with Crippen molar-refractivity contribution in [2.45, 2.75) is 24.9 Å². The fourth-order valence-corrected chi connectivity index (χ4v) is 3.33. The van der Waals surface area contributed by atoms with E-state index in [0.717, 1.165) is 11.1 Å². The van der Waals surface area contributed by atoms with E-state index in [9.17, 15) is 18.0 Å². The molecule has 0 radical (unpaired) electrons. The summed E-state index contributed by atoms with van der Waals surface area (Å²) in [7, 11) is 1.39. The van der Waals surface area contributed by atoms with Crippen LogP contribution in [-0.4, -0.2) is 48.8 Å². The smallest absolute Gasteiger partial charge is 0.359 e. The summed E-state index contributed by atoms with van der Waals surface area (Å²) in [5.41, 5.74) is 2.92. The normalized spacial score (nSPS) is 12.8. The number of rotatable bonds is 6. The lowest BCUT2D eigenvalue weighted by atomic mass is 9.95. The molecule has 4 aromatic rings. The molecule has 11 heteroatoms. The number of pyridine rings is 2. The molecule has 0 aliphatic carbocycles. The lowest BCUT2D eigenvalue weighted by Crippen LogP contribution is -2.24. The summed E-state index contributed by atoms with van der Waals surface area (Å²) in [5.74, 6) is -1.84. The predicted octanol–water partition coefficient (Wildman–Crippen LogP) is 3.38. The molecule has 0 spiro atoms. The maximum atomic E-state index is 13.5. The van der Waals surface area contributed by atoms with Crippen molar-refractivity contribution in [3.63, 3.8) is 0 Å². The van der Waals surface area contributed by atoms with Crippen molar-refractivity contribution in [1.29, 1.82) is 0 Å². The maximum absolute atomic E-state index is 13.5. The standard InChI is InChI=1S/C20H18F3N7O/c1-24-17(31)5-3-15(20(21,22)23)12-2-4-16(26-8-12)30-10-13(9-29-30)14-6-7-25-19-18(14)27-11-28-19/h2,4,6-11,15H,3,5H2,1H3,(H,24,31)(H,25,27,28). The first-order chi connectivity index (χ1) is 14.9. The van der Waals surface area contributed by atoms with Crippen molar-refractivity contribution in [3.8, 4) is 16.9 Å². The molecular weight excluding hydrogens is 411 g/mol. The van der Waals surface area contributed by atoms with Crippen LogP contribution in [0.1, 0.15) is 24.3 Å². The van der Waals surface area contributed by atoms with Crippen LogP contribution in [0.4, 0.5) is 13.2 Å². The van der Waals surface area contributed by atoms with Gasteiger partial charge in [0.15, 0.2) is 11.5 Å². The zero-order valence-electron chi connectivity index (χ0n) is 16.4. The van der Waals surface area contributed by atoms with Gasteiger partial charge in [-0.2, -0.15) is 18.3 Å². The molecule has 0 aliphatic heterocycles. The average Bonchev–Trinajstić information content (AvgIpc) is 3.42. The molecule has 0 bridgehead atoms. The summed E-state index contributed by atoms with van der Waals surface area (Å²) < 4.78 is 41.9. The van der Waals surface area contributed by atoms with E-state index in [4.69, 9.17) is 0 Å². The van der Waals surface area contributed by atoms with Crippen LogP contribution in [0.2, 0.25) is 0 Å². The molecule has 1 unspecified atom stereocenters. The van der Waals surface area contributed by atoms with Crippen molar-refractivity contribution in [2.24, 2.45) is 0 Å². The van der Waals surface area contributed by atoms with Crippen LogP contribution >= 0.6 is 0 Å². The van der Waals surface area contributed by atoms with Crippen LogP contribution in [0.15, 0.2) is 49.3 Å². The quantitative estimate of drug-likeness (QED) is 0.489. The Morgan fingerprint density at radius 1 is 1.19 bits per heavy atom. The number of imidazole rings is 1. The maximum Gasteiger partial charge on any atom is 0.395 e. The van der Waals surface area contributed by atoms with Crippen LogP contribution in [0.3, 0.4) is 0 Å². The first-order valence-corrected chi connectivity index (χ1v) is 9.43. The first-order valence-electron chi connectivity index (χ1n) is 9.43. The Bertz CT molecular complexity index is 1200. The highest BCUT2D eigenvalue weighted by Crippen LogP contribution is 2.38. The minimum atomic E-state index is -4.48. The second-order valence-electron chi connectivity index (χ2n) is 6.89. The van der Waals surface area contributed by atoms with Crippen molar-refractivity contribution >= 4 is 17.1 Å². The molecule has 4 rings (SSSR count). The number of halogens is 3. The number of carbonyl (C=O) groups excluding carboxylic acids is 1. The molecule has 160 valence electrons. The molecule has 4 aromatic heterocycles. The van der Waals surface area contributed by atoms with Crippen LogP contribution < -0.4 is 5.32 Å². The fourth-order valence-electron chi connectivity index (χ4n) is 3.33. The van der Waals surface area contributed by atoms with Crippen LogP contribution in [-0.2, 0) is 4.79 Å². The first kappa shape index (κ1) is 20.5. The molecule has 0 aromatic carbocycles. The molecule has 8 nitrogen and oxygen atoms in total. The number of hydrogen-bond acceptors (Lipinski definition) is 5. The number of aromatic amines is 1.